The highest BCUT2D eigenvalue weighted by Crippen LogP contribution is 2.21. The largest absolute Gasteiger partial charge is 0.484 e. The molecule has 0 fully saturated rings. The van der Waals surface area contributed by atoms with Crippen molar-refractivity contribution in [3.8, 4) is 5.75 Å². The van der Waals surface area contributed by atoms with Gasteiger partial charge in [0.1, 0.15) is 5.75 Å². The molecule has 2 aromatic rings. The van der Waals surface area contributed by atoms with Gasteiger partial charge in [0.15, 0.2) is 6.61 Å². The molecule has 21 heavy (non-hydrogen) atoms. The number of carbonyl (C=O) groups excluding carboxylic acids is 1. The Labute approximate surface area is 139 Å². The van der Waals surface area contributed by atoms with Gasteiger partial charge < -0.3 is 15.8 Å². The molecule has 0 atom stereocenters. The third-order valence-electron chi connectivity index (χ3n) is 2.58. The molecule has 3 N–H and O–H groups in total. The molecular formula is C14H13Br2N3O2. The van der Waals surface area contributed by atoms with Crippen molar-refractivity contribution in [1.29, 1.82) is 0 Å². The predicted molar refractivity (Wildman–Crippen MR) is 88.1 cm³/mol. The lowest BCUT2D eigenvalue weighted by molar-refractivity contribution is -0.119. The molecule has 0 saturated heterocycles. The third kappa shape index (κ3) is 5.02. The molecule has 1 heterocycles. The average molecular weight is 415 g/mol. The van der Waals surface area contributed by atoms with Crippen LogP contribution in [0.1, 0.15) is 5.69 Å². The number of nitrogens with one attached hydrogen (secondary N) is 1. The molecule has 1 amide bonds. The number of carbonyl (C=O) groups is 1. The molecular weight excluding hydrogens is 402 g/mol. The number of anilines is 1. The third-order valence-corrected chi connectivity index (χ3v) is 3.70. The second-order valence-corrected chi connectivity index (χ2v) is 5.98. The summed E-state index contributed by atoms with van der Waals surface area (Å²) in [6, 6.07) is 9.22. The molecule has 0 spiro atoms. The van der Waals surface area contributed by atoms with Crippen molar-refractivity contribution in [1.82, 2.24) is 4.98 Å². The Morgan fingerprint density at radius 2 is 2.00 bits per heavy atom. The van der Waals surface area contributed by atoms with Crippen LogP contribution in [0, 0.1) is 0 Å². The molecule has 5 nitrogen and oxygen atoms in total. The number of benzene rings is 1. The van der Waals surface area contributed by atoms with Gasteiger partial charge in [-0.1, -0.05) is 0 Å². The highest BCUT2D eigenvalue weighted by molar-refractivity contribution is 9.11. The Hall–Kier alpha value is -1.60. The van der Waals surface area contributed by atoms with E-state index in [0.717, 1.165) is 20.3 Å². The Morgan fingerprint density at radius 3 is 2.62 bits per heavy atom. The van der Waals surface area contributed by atoms with Crippen LogP contribution in [0.5, 0.6) is 5.75 Å². The minimum absolute atomic E-state index is 0.122. The molecule has 0 radical (unpaired) electrons. The van der Waals surface area contributed by atoms with Gasteiger partial charge in [-0.15, -0.1) is 0 Å². The molecule has 110 valence electrons. The first-order valence-corrected chi connectivity index (χ1v) is 7.68. The van der Waals surface area contributed by atoms with Gasteiger partial charge in [-0.2, -0.15) is 0 Å². The molecule has 0 aliphatic carbocycles. The van der Waals surface area contributed by atoms with E-state index in [-0.39, 0.29) is 6.61 Å². The number of nitrogens with zero attached hydrogens (tertiary/aromatic N) is 1. The summed E-state index contributed by atoms with van der Waals surface area (Å²) >= 11 is 6.84. The van der Waals surface area contributed by atoms with Crippen molar-refractivity contribution in [2.24, 2.45) is 5.73 Å². The second-order valence-electron chi connectivity index (χ2n) is 4.21. The number of halogens is 2. The lowest BCUT2D eigenvalue weighted by Crippen LogP contribution is -2.19. The second kappa shape index (κ2) is 7.42. The summed E-state index contributed by atoms with van der Waals surface area (Å²) in [4.78, 5) is 15.0. The van der Waals surface area contributed by atoms with Crippen LogP contribution in [0.25, 0.3) is 0 Å². The fraction of sp³-hybridized carbons (Fsp3) is 0.143. The molecule has 0 unspecified atom stereocenters. The number of hydrogen-bond acceptors (Lipinski definition) is 4. The molecule has 1 aromatic carbocycles. The van der Waals surface area contributed by atoms with Crippen molar-refractivity contribution < 1.29 is 9.53 Å². The van der Waals surface area contributed by atoms with Crippen LogP contribution in [0.4, 0.5) is 5.69 Å². The minimum Gasteiger partial charge on any atom is -0.484 e. The van der Waals surface area contributed by atoms with Crippen molar-refractivity contribution in [2.45, 2.75) is 6.54 Å². The fourth-order valence-electron chi connectivity index (χ4n) is 1.58. The van der Waals surface area contributed by atoms with E-state index in [1.54, 1.807) is 18.3 Å². The number of ether oxygens (including phenoxy) is 1. The lowest BCUT2D eigenvalue weighted by Gasteiger charge is -2.09. The number of pyridine rings is 1. The molecule has 7 heteroatoms. The first kappa shape index (κ1) is 15.8. The number of primary amides is 1. The zero-order chi connectivity index (χ0) is 15.2. The van der Waals surface area contributed by atoms with E-state index in [4.69, 9.17) is 10.5 Å². The molecule has 0 saturated carbocycles. The Kier molecular flexibility index (Phi) is 5.58. The van der Waals surface area contributed by atoms with Gasteiger partial charge >= 0.3 is 0 Å². The number of rotatable bonds is 6. The zero-order valence-electron chi connectivity index (χ0n) is 11.0. The summed E-state index contributed by atoms with van der Waals surface area (Å²) in [5.41, 5.74) is 6.85. The van der Waals surface area contributed by atoms with Crippen molar-refractivity contribution in [2.75, 3.05) is 11.9 Å². The van der Waals surface area contributed by atoms with E-state index < -0.39 is 5.91 Å². The molecule has 0 aliphatic rings. The van der Waals surface area contributed by atoms with E-state index in [1.165, 1.54) is 0 Å². The fourth-order valence-corrected chi connectivity index (χ4v) is 2.71. The number of amides is 1. The van der Waals surface area contributed by atoms with Gasteiger partial charge in [-0.3, -0.25) is 9.78 Å². The zero-order valence-corrected chi connectivity index (χ0v) is 14.1. The highest BCUT2D eigenvalue weighted by atomic mass is 79.9. The quantitative estimate of drug-likeness (QED) is 0.761. The summed E-state index contributed by atoms with van der Waals surface area (Å²) in [5, 5.41) is 3.26. The molecule has 1 aromatic heterocycles. The summed E-state index contributed by atoms with van der Waals surface area (Å²) < 4.78 is 7.05. The van der Waals surface area contributed by atoms with E-state index in [2.05, 4.69) is 42.2 Å². The van der Waals surface area contributed by atoms with Crippen LogP contribution in [-0.2, 0) is 11.3 Å². The van der Waals surface area contributed by atoms with Gasteiger partial charge in [0, 0.05) is 20.8 Å². The summed E-state index contributed by atoms with van der Waals surface area (Å²) in [6.07, 6.45) is 1.75. The highest BCUT2D eigenvalue weighted by Gasteiger charge is 2.03. The van der Waals surface area contributed by atoms with Crippen molar-refractivity contribution in [3.05, 3.63) is 51.2 Å². The maximum atomic E-state index is 10.6. The number of aromatic nitrogens is 1. The van der Waals surface area contributed by atoms with E-state index in [0.29, 0.717) is 12.3 Å². The van der Waals surface area contributed by atoms with E-state index in [9.17, 15) is 4.79 Å². The van der Waals surface area contributed by atoms with Crippen molar-refractivity contribution >= 4 is 43.5 Å². The van der Waals surface area contributed by atoms with Gasteiger partial charge in [-0.25, -0.2) is 0 Å². The maximum absolute atomic E-state index is 10.6. The summed E-state index contributed by atoms with van der Waals surface area (Å²) in [6.45, 7) is 0.470. The Morgan fingerprint density at radius 1 is 1.29 bits per heavy atom. The van der Waals surface area contributed by atoms with Gasteiger partial charge in [0.2, 0.25) is 0 Å². The minimum atomic E-state index is -0.497. The molecule has 2 rings (SSSR count). The van der Waals surface area contributed by atoms with Crippen molar-refractivity contribution in [3.63, 3.8) is 0 Å². The number of hydrogen-bond donors (Lipinski definition) is 2. The Balaban J connectivity index is 1.92. The van der Waals surface area contributed by atoms with Crippen LogP contribution in [0.3, 0.4) is 0 Å². The van der Waals surface area contributed by atoms with Gasteiger partial charge in [-0.05, 0) is 62.2 Å². The topological polar surface area (TPSA) is 77.2 Å². The van der Waals surface area contributed by atoms with E-state index in [1.807, 2.05) is 18.2 Å². The van der Waals surface area contributed by atoms with Crippen LogP contribution < -0.4 is 15.8 Å². The van der Waals surface area contributed by atoms with Gasteiger partial charge in [0.05, 0.1) is 12.2 Å². The van der Waals surface area contributed by atoms with Gasteiger partial charge in [0.25, 0.3) is 5.91 Å². The van der Waals surface area contributed by atoms with Crippen LogP contribution >= 0.6 is 31.9 Å². The smallest absolute Gasteiger partial charge is 0.255 e. The molecule has 0 aliphatic heterocycles. The Bertz CT molecular complexity index is 633. The summed E-state index contributed by atoms with van der Waals surface area (Å²) in [5.74, 6) is 0.102. The average Bonchev–Trinajstić information content (AvgIpc) is 2.45. The SMILES string of the molecule is NC(=O)COc1ccc(NCc2ncc(Br)cc2Br)cc1. The number of nitrogens with two attached hydrogens (primary N) is 1. The van der Waals surface area contributed by atoms with Crippen LogP contribution in [-0.4, -0.2) is 17.5 Å². The lowest BCUT2D eigenvalue weighted by atomic mass is 10.3. The normalized spacial score (nSPS) is 10.2. The van der Waals surface area contributed by atoms with Crippen LogP contribution in [0.15, 0.2) is 45.5 Å². The van der Waals surface area contributed by atoms with E-state index >= 15 is 0 Å². The summed E-state index contributed by atoms with van der Waals surface area (Å²) in [7, 11) is 0. The maximum Gasteiger partial charge on any atom is 0.255 e. The van der Waals surface area contributed by atoms with Crippen LogP contribution in [0.2, 0.25) is 0 Å². The first-order chi connectivity index (χ1) is 10.0. The molecule has 0 bridgehead atoms. The predicted octanol–water partition coefficient (Wildman–Crippen LogP) is 3.08. The monoisotopic (exact) mass is 413 g/mol. The first-order valence-electron chi connectivity index (χ1n) is 6.09. The standard InChI is InChI=1S/C14H13Br2N3O2/c15-9-5-12(16)13(19-6-9)7-18-10-1-3-11(4-2-10)21-8-14(17)20/h1-6,18H,7-8H2,(H2,17,20).